The Morgan fingerprint density at radius 1 is 1.00 bits per heavy atom. The number of pyridine rings is 1. The maximum Gasteiger partial charge on any atom is 0.244 e. The summed E-state index contributed by atoms with van der Waals surface area (Å²) in [7, 11) is 0. The summed E-state index contributed by atoms with van der Waals surface area (Å²) in [6.45, 7) is 5.58. The Bertz CT molecular complexity index is 1090. The largest absolute Gasteiger partial charge is 0.351 e. The number of hydrogen-bond acceptors (Lipinski definition) is 5. The second-order valence-corrected chi connectivity index (χ2v) is 9.73. The monoisotopic (exact) mass is 470 g/mol. The van der Waals surface area contributed by atoms with Gasteiger partial charge in [-0.3, -0.25) is 19.6 Å². The Labute approximate surface area is 205 Å². The molecule has 3 aromatic rings. The first-order valence-electron chi connectivity index (χ1n) is 11.9. The highest BCUT2D eigenvalue weighted by atomic mass is 32.2. The van der Waals surface area contributed by atoms with E-state index in [1.165, 1.54) is 21.6 Å². The summed E-state index contributed by atoms with van der Waals surface area (Å²) in [5, 5.41) is 3.00. The Morgan fingerprint density at radius 3 is 2.62 bits per heavy atom. The molecule has 0 aliphatic carbocycles. The molecule has 174 valence electrons. The van der Waals surface area contributed by atoms with Crippen LogP contribution in [0.4, 0.5) is 0 Å². The van der Waals surface area contributed by atoms with Gasteiger partial charge >= 0.3 is 0 Å². The fourth-order valence-electron chi connectivity index (χ4n) is 4.77. The van der Waals surface area contributed by atoms with E-state index >= 15 is 0 Å². The molecule has 5 nitrogen and oxygen atoms in total. The molecule has 1 saturated heterocycles. The number of carbonyl (C=O) groups excluding carboxylic acids is 1. The van der Waals surface area contributed by atoms with Gasteiger partial charge in [-0.05, 0) is 40.5 Å². The lowest BCUT2D eigenvalue weighted by Gasteiger charge is -2.40. The molecule has 1 fully saturated rings. The molecule has 1 atom stereocenters. The first-order valence-corrected chi connectivity index (χ1v) is 12.9. The maximum absolute atomic E-state index is 12.1. The van der Waals surface area contributed by atoms with Crippen molar-refractivity contribution < 1.29 is 4.79 Å². The third-order valence-corrected chi connectivity index (χ3v) is 7.70. The van der Waals surface area contributed by atoms with E-state index in [-0.39, 0.29) is 5.91 Å². The van der Waals surface area contributed by atoms with E-state index < -0.39 is 0 Å². The summed E-state index contributed by atoms with van der Waals surface area (Å²) >= 11 is 1.95. The van der Waals surface area contributed by atoms with Crippen molar-refractivity contribution in [2.24, 2.45) is 0 Å². The van der Waals surface area contributed by atoms with E-state index in [4.69, 9.17) is 0 Å². The highest BCUT2D eigenvalue weighted by molar-refractivity contribution is 7.98. The van der Waals surface area contributed by atoms with E-state index in [1.54, 1.807) is 24.5 Å². The molecule has 0 radical (unpaired) electrons. The van der Waals surface area contributed by atoms with Crippen molar-refractivity contribution in [1.82, 2.24) is 20.1 Å². The van der Waals surface area contributed by atoms with Crippen LogP contribution in [0.25, 0.3) is 6.08 Å². The van der Waals surface area contributed by atoms with Crippen LogP contribution in [0.15, 0.2) is 84.0 Å². The standard InChI is InChI=1S/C28H30N4OS/c33-27(12-11-22-6-5-13-29-20-22)30-14-15-31-16-18-32(19-17-31)28-24-8-2-1-7-23(24)21-34-26-10-4-3-9-25(26)28/h1-13,20,28H,14-19,21H2,(H,30,33). The number of hydrogen-bond donors (Lipinski definition) is 1. The molecule has 0 saturated carbocycles. The number of nitrogens with zero attached hydrogens (tertiary/aromatic N) is 3. The normalized spacial score (nSPS) is 18.8. The molecule has 2 aliphatic heterocycles. The van der Waals surface area contributed by atoms with Gasteiger partial charge in [0.1, 0.15) is 0 Å². The minimum absolute atomic E-state index is 0.0633. The minimum atomic E-state index is -0.0633. The highest BCUT2D eigenvalue weighted by Crippen LogP contribution is 2.42. The van der Waals surface area contributed by atoms with Crippen molar-refractivity contribution in [2.45, 2.75) is 16.7 Å². The summed E-state index contributed by atoms with van der Waals surface area (Å²) in [5.74, 6) is 0.963. The number of benzene rings is 2. The molecule has 1 amide bonds. The van der Waals surface area contributed by atoms with Gasteiger partial charge < -0.3 is 5.32 Å². The number of nitrogens with one attached hydrogen (secondary N) is 1. The van der Waals surface area contributed by atoms with E-state index in [0.717, 1.165) is 44.0 Å². The molecule has 1 N–H and O–H groups in total. The second-order valence-electron chi connectivity index (χ2n) is 8.72. The molecular weight excluding hydrogens is 440 g/mol. The van der Waals surface area contributed by atoms with E-state index in [0.29, 0.717) is 12.6 Å². The lowest BCUT2D eigenvalue weighted by Crippen LogP contribution is -2.49. The van der Waals surface area contributed by atoms with Gasteiger partial charge in [-0.25, -0.2) is 0 Å². The first-order chi connectivity index (χ1) is 16.8. The van der Waals surface area contributed by atoms with Crippen LogP contribution in [0.3, 0.4) is 0 Å². The number of fused-ring (bicyclic) bond motifs is 2. The fourth-order valence-corrected chi connectivity index (χ4v) is 5.87. The predicted molar refractivity (Wildman–Crippen MR) is 139 cm³/mol. The summed E-state index contributed by atoms with van der Waals surface area (Å²) in [6, 6.07) is 21.9. The van der Waals surface area contributed by atoms with Gasteiger partial charge in [0.15, 0.2) is 0 Å². The quantitative estimate of drug-likeness (QED) is 0.547. The number of carbonyl (C=O) groups is 1. The number of piperazine rings is 1. The molecule has 2 aromatic carbocycles. The van der Waals surface area contributed by atoms with Crippen molar-refractivity contribution in [3.05, 3.63) is 101 Å². The Morgan fingerprint density at radius 2 is 1.79 bits per heavy atom. The van der Waals surface area contributed by atoms with Gasteiger partial charge in [-0.1, -0.05) is 48.5 Å². The molecule has 0 spiro atoms. The van der Waals surface area contributed by atoms with Crippen LogP contribution < -0.4 is 5.32 Å². The SMILES string of the molecule is O=C(C=Cc1cccnc1)NCCN1CCN(C2c3ccccc3CSc3ccccc32)CC1. The molecule has 1 aromatic heterocycles. The summed E-state index contributed by atoms with van der Waals surface area (Å²) < 4.78 is 0. The molecule has 34 heavy (non-hydrogen) atoms. The van der Waals surface area contributed by atoms with Crippen LogP contribution in [0.1, 0.15) is 28.3 Å². The number of rotatable bonds is 6. The fraction of sp³-hybridized carbons (Fsp3) is 0.286. The van der Waals surface area contributed by atoms with Crippen molar-refractivity contribution >= 4 is 23.7 Å². The third kappa shape index (κ3) is 5.41. The van der Waals surface area contributed by atoms with Crippen molar-refractivity contribution in [1.29, 1.82) is 0 Å². The second kappa shape index (κ2) is 11.0. The van der Waals surface area contributed by atoms with E-state index in [2.05, 4.69) is 68.6 Å². The van der Waals surface area contributed by atoms with Crippen molar-refractivity contribution in [3.63, 3.8) is 0 Å². The zero-order valence-electron chi connectivity index (χ0n) is 19.3. The van der Waals surface area contributed by atoms with E-state index in [1.807, 2.05) is 23.9 Å². The minimum Gasteiger partial charge on any atom is -0.351 e. The van der Waals surface area contributed by atoms with E-state index in [9.17, 15) is 4.79 Å². The number of thioether (sulfide) groups is 1. The molecule has 3 heterocycles. The van der Waals surface area contributed by atoms with Gasteiger partial charge in [-0.15, -0.1) is 11.8 Å². The van der Waals surface area contributed by atoms with Gasteiger partial charge in [0.2, 0.25) is 5.91 Å². The Balaban J connectivity index is 1.17. The van der Waals surface area contributed by atoms with Crippen LogP contribution in [-0.2, 0) is 10.5 Å². The van der Waals surface area contributed by atoms with Crippen LogP contribution in [-0.4, -0.2) is 60.0 Å². The maximum atomic E-state index is 12.1. The van der Waals surface area contributed by atoms with Crippen LogP contribution in [0.2, 0.25) is 0 Å². The number of amides is 1. The summed E-state index contributed by atoms with van der Waals surface area (Å²) in [6.07, 6.45) is 6.84. The smallest absolute Gasteiger partial charge is 0.244 e. The Hall–Kier alpha value is -2.93. The molecule has 1 unspecified atom stereocenters. The predicted octanol–water partition coefficient (Wildman–Crippen LogP) is 4.22. The van der Waals surface area contributed by atoms with Gasteiger partial charge in [0.05, 0.1) is 6.04 Å². The molecule has 5 rings (SSSR count). The molecule has 2 aliphatic rings. The van der Waals surface area contributed by atoms with Gasteiger partial charge in [-0.2, -0.15) is 0 Å². The zero-order valence-corrected chi connectivity index (χ0v) is 20.1. The van der Waals surface area contributed by atoms with Gasteiger partial charge in [0.25, 0.3) is 0 Å². The molecule has 6 heteroatoms. The van der Waals surface area contributed by atoms with Gasteiger partial charge in [0, 0.05) is 68.4 Å². The first kappa shape index (κ1) is 22.8. The zero-order chi connectivity index (χ0) is 23.2. The lowest BCUT2D eigenvalue weighted by molar-refractivity contribution is -0.116. The van der Waals surface area contributed by atoms with Crippen LogP contribution in [0.5, 0.6) is 0 Å². The average Bonchev–Trinajstić information content (AvgIpc) is 3.06. The molecule has 0 bridgehead atoms. The Kier molecular flexibility index (Phi) is 7.39. The highest BCUT2D eigenvalue weighted by Gasteiger charge is 2.30. The number of aromatic nitrogens is 1. The third-order valence-electron chi connectivity index (χ3n) is 6.56. The topological polar surface area (TPSA) is 48.5 Å². The summed E-state index contributed by atoms with van der Waals surface area (Å²) in [5.41, 5.74) is 5.24. The molecular formula is C28H30N4OS. The van der Waals surface area contributed by atoms with Crippen LogP contribution >= 0.6 is 11.8 Å². The lowest BCUT2D eigenvalue weighted by atomic mass is 9.93. The van der Waals surface area contributed by atoms with Crippen molar-refractivity contribution in [3.8, 4) is 0 Å². The average molecular weight is 471 g/mol. The summed E-state index contributed by atoms with van der Waals surface area (Å²) in [4.78, 5) is 22.7. The van der Waals surface area contributed by atoms with Crippen LogP contribution in [0, 0.1) is 0 Å². The van der Waals surface area contributed by atoms with Crippen molar-refractivity contribution in [2.75, 3.05) is 39.3 Å².